The van der Waals surface area contributed by atoms with E-state index < -0.39 is 0 Å². The topological polar surface area (TPSA) is 9.23 Å². The average molecular weight is 150 g/mol. The summed E-state index contributed by atoms with van der Waals surface area (Å²) in [6.45, 7) is 0. The van der Waals surface area contributed by atoms with Gasteiger partial charge in [-0.25, -0.2) is 0 Å². The molecule has 2 aliphatic rings. The van der Waals surface area contributed by atoms with Gasteiger partial charge < -0.3 is 4.74 Å². The molecule has 0 saturated heterocycles. The van der Waals surface area contributed by atoms with Gasteiger partial charge in [-0.1, -0.05) is 18.9 Å². The minimum Gasteiger partial charge on any atom is -0.497 e. The monoisotopic (exact) mass is 150 g/mol. The van der Waals surface area contributed by atoms with Gasteiger partial charge >= 0.3 is 0 Å². The Kier molecular flexibility index (Phi) is 1.52. The van der Waals surface area contributed by atoms with E-state index in [4.69, 9.17) is 4.74 Å². The van der Waals surface area contributed by atoms with E-state index in [9.17, 15) is 0 Å². The van der Waals surface area contributed by atoms with Crippen molar-refractivity contribution in [2.75, 3.05) is 7.11 Å². The Labute approximate surface area is 67.7 Å². The highest BCUT2D eigenvalue weighted by Gasteiger charge is 2.32. The zero-order valence-electron chi connectivity index (χ0n) is 6.97. The fourth-order valence-electron chi connectivity index (χ4n) is 2.10. The summed E-state index contributed by atoms with van der Waals surface area (Å²) < 4.78 is 5.17. The van der Waals surface area contributed by atoms with Crippen molar-refractivity contribution in [1.82, 2.24) is 0 Å². The van der Waals surface area contributed by atoms with Crippen molar-refractivity contribution in [3.05, 3.63) is 24.0 Å². The van der Waals surface area contributed by atoms with Crippen LogP contribution in [0.1, 0.15) is 25.7 Å². The van der Waals surface area contributed by atoms with Gasteiger partial charge in [0.05, 0.1) is 7.11 Å². The second-order valence-corrected chi connectivity index (χ2v) is 3.52. The largest absolute Gasteiger partial charge is 0.497 e. The molecule has 0 heterocycles. The second kappa shape index (κ2) is 2.40. The van der Waals surface area contributed by atoms with Crippen LogP contribution < -0.4 is 0 Å². The normalized spacial score (nSPS) is 26.1. The summed E-state index contributed by atoms with van der Waals surface area (Å²) in [4.78, 5) is 0. The van der Waals surface area contributed by atoms with E-state index in [-0.39, 0.29) is 0 Å². The standard InChI is InChI=1S/C10H14O/c1-11-9-4-7-10(8-9)5-2-3-6-10/h4,7-8H,2-3,5-6H2,1H3. The molecule has 1 spiro atoms. The molecule has 0 bridgehead atoms. The molecule has 1 nitrogen and oxygen atoms in total. The van der Waals surface area contributed by atoms with E-state index in [0.29, 0.717) is 5.41 Å². The predicted molar refractivity (Wildman–Crippen MR) is 45.1 cm³/mol. The maximum absolute atomic E-state index is 5.17. The van der Waals surface area contributed by atoms with Gasteiger partial charge in [0.2, 0.25) is 0 Å². The van der Waals surface area contributed by atoms with Crippen molar-refractivity contribution in [1.29, 1.82) is 0 Å². The lowest BCUT2D eigenvalue weighted by atomic mass is 9.89. The van der Waals surface area contributed by atoms with Crippen molar-refractivity contribution < 1.29 is 4.74 Å². The molecule has 60 valence electrons. The SMILES string of the molecule is COC1=CC2(C=C1)CCCC2. The molecule has 0 radical (unpaired) electrons. The van der Waals surface area contributed by atoms with Crippen LogP contribution in [0.4, 0.5) is 0 Å². The van der Waals surface area contributed by atoms with Crippen LogP contribution in [0.25, 0.3) is 0 Å². The lowest BCUT2D eigenvalue weighted by Crippen LogP contribution is -2.05. The van der Waals surface area contributed by atoms with Crippen molar-refractivity contribution in [2.24, 2.45) is 5.41 Å². The summed E-state index contributed by atoms with van der Waals surface area (Å²) in [6, 6.07) is 0. The highest BCUT2D eigenvalue weighted by Crippen LogP contribution is 2.44. The van der Waals surface area contributed by atoms with Gasteiger partial charge in [0, 0.05) is 5.41 Å². The Hall–Kier alpha value is -0.720. The van der Waals surface area contributed by atoms with Crippen molar-refractivity contribution >= 4 is 0 Å². The minimum atomic E-state index is 0.394. The molecule has 1 heteroatoms. The number of hydrogen-bond donors (Lipinski definition) is 0. The second-order valence-electron chi connectivity index (χ2n) is 3.52. The molecule has 2 rings (SSSR count). The molecule has 2 aliphatic carbocycles. The van der Waals surface area contributed by atoms with E-state index in [1.54, 1.807) is 7.11 Å². The van der Waals surface area contributed by atoms with Crippen LogP contribution in [0.2, 0.25) is 0 Å². The summed E-state index contributed by atoms with van der Waals surface area (Å²) >= 11 is 0. The molecule has 0 amide bonds. The van der Waals surface area contributed by atoms with Gasteiger partial charge in [0.15, 0.2) is 0 Å². The smallest absolute Gasteiger partial charge is 0.115 e. The Bertz CT molecular complexity index is 207. The quantitative estimate of drug-likeness (QED) is 0.558. The van der Waals surface area contributed by atoms with E-state index in [1.165, 1.54) is 25.7 Å². The van der Waals surface area contributed by atoms with E-state index >= 15 is 0 Å². The number of hydrogen-bond acceptors (Lipinski definition) is 1. The molecule has 0 aromatic rings. The molecule has 0 aromatic heterocycles. The first-order chi connectivity index (χ1) is 5.35. The molecule has 0 N–H and O–H groups in total. The van der Waals surface area contributed by atoms with Crippen LogP contribution in [0.3, 0.4) is 0 Å². The summed E-state index contributed by atoms with van der Waals surface area (Å²) in [5.41, 5.74) is 0.394. The van der Waals surface area contributed by atoms with Crippen molar-refractivity contribution in [3.63, 3.8) is 0 Å². The molecule has 0 atom stereocenters. The summed E-state index contributed by atoms with van der Waals surface area (Å²) in [6.07, 6.45) is 12.1. The van der Waals surface area contributed by atoms with Crippen molar-refractivity contribution in [2.45, 2.75) is 25.7 Å². The first kappa shape index (κ1) is 6.96. The van der Waals surface area contributed by atoms with Crippen LogP contribution >= 0.6 is 0 Å². The van der Waals surface area contributed by atoms with Gasteiger partial charge in [-0.2, -0.15) is 0 Å². The molecule has 0 unspecified atom stereocenters. The number of methoxy groups -OCH3 is 1. The third-order valence-electron chi connectivity index (χ3n) is 2.78. The summed E-state index contributed by atoms with van der Waals surface area (Å²) in [5, 5.41) is 0. The molecule has 1 fully saturated rings. The van der Waals surface area contributed by atoms with Crippen LogP contribution in [0.15, 0.2) is 24.0 Å². The van der Waals surface area contributed by atoms with Gasteiger partial charge in [-0.05, 0) is 25.0 Å². The third kappa shape index (κ3) is 1.09. The minimum absolute atomic E-state index is 0.394. The predicted octanol–water partition coefficient (Wildman–Crippen LogP) is 2.65. The maximum atomic E-state index is 5.17. The fraction of sp³-hybridized carbons (Fsp3) is 0.600. The zero-order chi connectivity index (χ0) is 7.73. The Morgan fingerprint density at radius 1 is 1.36 bits per heavy atom. The molecular weight excluding hydrogens is 136 g/mol. The molecular formula is C10H14O. The van der Waals surface area contributed by atoms with Crippen LogP contribution in [-0.2, 0) is 4.74 Å². The number of rotatable bonds is 1. The summed E-state index contributed by atoms with van der Waals surface area (Å²) in [5.74, 6) is 1.05. The first-order valence-corrected chi connectivity index (χ1v) is 4.31. The van der Waals surface area contributed by atoms with E-state index in [1.807, 2.05) is 0 Å². The third-order valence-corrected chi connectivity index (χ3v) is 2.78. The number of ether oxygens (including phenoxy) is 1. The zero-order valence-corrected chi connectivity index (χ0v) is 6.97. The fourth-order valence-corrected chi connectivity index (χ4v) is 2.10. The average Bonchev–Trinajstić information content (AvgIpc) is 2.62. The first-order valence-electron chi connectivity index (χ1n) is 4.31. The highest BCUT2D eigenvalue weighted by molar-refractivity contribution is 5.30. The molecule has 0 aliphatic heterocycles. The van der Waals surface area contributed by atoms with E-state index in [0.717, 1.165) is 5.76 Å². The van der Waals surface area contributed by atoms with Gasteiger partial charge in [0.1, 0.15) is 5.76 Å². The lowest BCUT2D eigenvalue weighted by molar-refractivity contribution is 0.304. The molecule has 0 aromatic carbocycles. The summed E-state index contributed by atoms with van der Waals surface area (Å²) in [7, 11) is 1.74. The van der Waals surface area contributed by atoms with E-state index in [2.05, 4.69) is 18.2 Å². The lowest BCUT2D eigenvalue weighted by Gasteiger charge is -2.15. The molecule has 11 heavy (non-hydrogen) atoms. The highest BCUT2D eigenvalue weighted by atomic mass is 16.5. The Balaban J connectivity index is 2.18. The Morgan fingerprint density at radius 3 is 2.64 bits per heavy atom. The van der Waals surface area contributed by atoms with Gasteiger partial charge in [-0.3, -0.25) is 0 Å². The van der Waals surface area contributed by atoms with Crippen LogP contribution in [0, 0.1) is 5.41 Å². The Morgan fingerprint density at radius 2 is 2.09 bits per heavy atom. The van der Waals surface area contributed by atoms with Gasteiger partial charge in [0.25, 0.3) is 0 Å². The maximum Gasteiger partial charge on any atom is 0.115 e. The molecule has 1 saturated carbocycles. The number of allylic oxidation sites excluding steroid dienone is 3. The van der Waals surface area contributed by atoms with Gasteiger partial charge in [-0.15, -0.1) is 0 Å². The van der Waals surface area contributed by atoms with Crippen molar-refractivity contribution in [3.8, 4) is 0 Å². The van der Waals surface area contributed by atoms with Crippen LogP contribution in [0.5, 0.6) is 0 Å². The van der Waals surface area contributed by atoms with Crippen LogP contribution in [-0.4, -0.2) is 7.11 Å².